The van der Waals surface area contributed by atoms with Crippen LogP contribution in [0, 0.1) is 5.82 Å². The van der Waals surface area contributed by atoms with Crippen molar-refractivity contribution in [2.24, 2.45) is 0 Å². The van der Waals surface area contributed by atoms with Gasteiger partial charge in [0.1, 0.15) is 11.6 Å². The molecule has 0 amide bonds. The number of likely N-dealkylation sites (N-methyl/N-ethyl adjacent to an activating group) is 1. The normalized spacial score (nSPS) is 16.8. The lowest BCUT2D eigenvalue weighted by atomic mass is 10.0. The van der Waals surface area contributed by atoms with Crippen molar-refractivity contribution in [3.8, 4) is 5.75 Å². The number of anilines is 1. The molecule has 0 aromatic heterocycles. The van der Waals surface area contributed by atoms with E-state index in [1.54, 1.807) is 24.3 Å². The number of phenolic OH excluding ortho intramolecular Hbond substituents is 1. The molecule has 0 saturated carbocycles. The second-order valence-corrected chi connectivity index (χ2v) is 6.77. The number of benzene rings is 2. The van der Waals surface area contributed by atoms with Crippen LogP contribution in [0.2, 0.25) is 0 Å². The number of hydrogen-bond donors (Lipinski definition) is 2. The summed E-state index contributed by atoms with van der Waals surface area (Å²) in [6.07, 6.45) is 0. The molecule has 5 heteroatoms. The van der Waals surface area contributed by atoms with E-state index in [0.29, 0.717) is 6.54 Å². The molecule has 1 saturated heterocycles. The summed E-state index contributed by atoms with van der Waals surface area (Å²) in [4.78, 5) is 4.64. The van der Waals surface area contributed by atoms with Gasteiger partial charge in [-0.1, -0.05) is 12.1 Å². The molecular weight excluding hydrogens is 317 g/mol. The largest absolute Gasteiger partial charge is 0.508 e. The third kappa shape index (κ3) is 4.50. The Bertz CT molecular complexity index is 714. The Hall–Kier alpha value is -2.11. The zero-order valence-corrected chi connectivity index (χ0v) is 14.9. The molecule has 1 fully saturated rings. The Labute approximate surface area is 148 Å². The maximum atomic E-state index is 13.9. The highest BCUT2D eigenvalue weighted by atomic mass is 19.1. The predicted molar refractivity (Wildman–Crippen MR) is 99.5 cm³/mol. The van der Waals surface area contributed by atoms with E-state index in [9.17, 15) is 9.50 Å². The summed E-state index contributed by atoms with van der Waals surface area (Å²) in [7, 11) is 2.13. The Morgan fingerprint density at radius 3 is 2.60 bits per heavy atom. The van der Waals surface area contributed by atoms with E-state index in [-0.39, 0.29) is 17.6 Å². The number of nitrogens with one attached hydrogen (secondary N) is 1. The van der Waals surface area contributed by atoms with E-state index in [1.165, 1.54) is 0 Å². The van der Waals surface area contributed by atoms with Gasteiger partial charge in [-0.05, 0) is 55.4 Å². The lowest BCUT2D eigenvalue weighted by Crippen LogP contribution is -2.45. The number of rotatable bonds is 5. The Morgan fingerprint density at radius 1 is 1.12 bits per heavy atom. The third-order valence-corrected chi connectivity index (χ3v) is 4.82. The smallest absolute Gasteiger partial charge is 0.123 e. The zero-order chi connectivity index (χ0) is 17.8. The number of piperazine rings is 1. The number of phenols is 1. The highest BCUT2D eigenvalue weighted by Gasteiger charge is 2.20. The van der Waals surface area contributed by atoms with E-state index in [2.05, 4.69) is 29.1 Å². The summed E-state index contributed by atoms with van der Waals surface area (Å²) in [5.74, 6) is 0.0507. The molecule has 0 bridgehead atoms. The van der Waals surface area contributed by atoms with Gasteiger partial charge in [-0.2, -0.15) is 0 Å². The van der Waals surface area contributed by atoms with Crippen LogP contribution in [-0.4, -0.2) is 43.2 Å². The first-order valence-electron chi connectivity index (χ1n) is 8.77. The molecule has 2 N–H and O–H groups in total. The van der Waals surface area contributed by atoms with Gasteiger partial charge in [-0.3, -0.25) is 0 Å². The van der Waals surface area contributed by atoms with Gasteiger partial charge in [0.2, 0.25) is 0 Å². The maximum absolute atomic E-state index is 13.9. The minimum absolute atomic E-state index is 0.00713. The molecule has 0 aliphatic carbocycles. The first-order chi connectivity index (χ1) is 12.0. The summed E-state index contributed by atoms with van der Waals surface area (Å²) in [5.41, 5.74) is 3.08. The van der Waals surface area contributed by atoms with E-state index < -0.39 is 0 Å². The van der Waals surface area contributed by atoms with Gasteiger partial charge in [0.05, 0.1) is 0 Å². The van der Waals surface area contributed by atoms with Gasteiger partial charge in [-0.15, -0.1) is 0 Å². The summed E-state index contributed by atoms with van der Waals surface area (Å²) in [6.45, 7) is 6.61. The molecule has 2 aromatic carbocycles. The zero-order valence-electron chi connectivity index (χ0n) is 14.9. The Balaban J connectivity index is 1.74. The molecule has 1 aliphatic rings. The SMILES string of the molecule is CC(NCc1cccc(O)c1)c1cc(F)ccc1N1CCN(C)CC1. The highest BCUT2D eigenvalue weighted by molar-refractivity contribution is 5.55. The molecule has 0 spiro atoms. The van der Waals surface area contributed by atoms with Crippen LogP contribution in [0.3, 0.4) is 0 Å². The van der Waals surface area contributed by atoms with Gasteiger partial charge < -0.3 is 20.2 Å². The lowest BCUT2D eigenvalue weighted by Gasteiger charge is -2.36. The minimum atomic E-state index is -0.209. The molecular formula is C20H26FN3O. The summed E-state index contributed by atoms with van der Waals surface area (Å²) in [6, 6.07) is 12.3. The predicted octanol–water partition coefficient (Wildman–Crippen LogP) is 3.13. The van der Waals surface area contributed by atoms with Crippen LogP contribution >= 0.6 is 0 Å². The summed E-state index contributed by atoms with van der Waals surface area (Å²) < 4.78 is 13.9. The molecule has 3 rings (SSSR count). The van der Waals surface area contributed by atoms with Crippen molar-refractivity contribution in [3.05, 3.63) is 59.4 Å². The maximum Gasteiger partial charge on any atom is 0.123 e. The van der Waals surface area contributed by atoms with E-state index in [0.717, 1.165) is 43.0 Å². The molecule has 1 unspecified atom stereocenters. The molecule has 134 valence electrons. The van der Waals surface area contributed by atoms with Gasteiger partial charge in [0.15, 0.2) is 0 Å². The van der Waals surface area contributed by atoms with Crippen LogP contribution in [0.15, 0.2) is 42.5 Å². The number of nitrogens with zero attached hydrogens (tertiary/aromatic N) is 2. The summed E-state index contributed by atoms with van der Waals surface area (Å²) >= 11 is 0. The van der Waals surface area contributed by atoms with Crippen molar-refractivity contribution in [2.75, 3.05) is 38.1 Å². The first kappa shape index (κ1) is 17.7. The van der Waals surface area contributed by atoms with Crippen LogP contribution in [0.25, 0.3) is 0 Å². The van der Waals surface area contributed by atoms with E-state index in [1.807, 2.05) is 18.2 Å². The average molecular weight is 343 g/mol. The number of halogens is 1. The average Bonchev–Trinajstić information content (AvgIpc) is 2.60. The lowest BCUT2D eigenvalue weighted by molar-refractivity contribution is 0.312. The van der Waals surface area contributed by atoms with Crippen molar-refractivity contribution in [2.45, 2.75) is 19.5 Å². The van der Waals surface area contributed by atoms with Crippen LogP contribution < -0.4 is 10.2 Å². The van der Waals surface area contributed by atoms with Crippen LogP contribution in [0.5, 0.6) is 5.75 Å². The molecule has 25 heavy (non-hydrogen) atoms. The second-order valence-electron chi connectivity index (χ2n) is 6.77. The fraction of sp³-hybridized carbons (Fsp3) is 0.400. The Kier molecular flexibility index (Phi) is 5.56. The second kappa shape index (κ2) is 7.85. The van der Waals surface area contributed by atoms with Crippen molar-refractivity contribution in [1.29, 1.82) is 0 Å². The van der Waals surface area contributed by atoms with Crippen LogP contribution in [-0.2, 0) is 6.54 Å². The number of hydrogen-bond acceptors (Lipinski definition) is 4. The highest BCUT2D eigenvalue weighted by Crippen LogP contribution is 2.28. The van der Waals surface area contributed by atoms with Crippen molar-refractivity contribution >= 4 is 5.69 Å². The standard InChI is InChI=1S/C20H26FN3O/c1-15(22-14-16-4-3-5-18(25)12-16)19-13-17(21)6-7-20(19)24-10-8-23(2)9-11-24/h3-7,12-13,15,22,25H,8-11,14H2,1-2H3. The topological polar surface area (TPSA) is 38.7 Å². The monoisotopic (exact) mass is 343 g/mol. The Morgan fingerprint density at radius 2 is 1.88 bits per heavy atom. The van der Waals surface area contributed by atoms with Crippen molar-refractivity contribution in [3.63, 3.8) is 0 Å². The molecule has 1 atom stereocenters. The van der Waals surface area contributed by atoms with Crippen LogP contribution in [0.1, 0.15) is 24.1 Å². The van der Waals surface area contributed by atoms with Crippen molar-refractivity contribution < 1.29 is 9.50 Å². The van der Waals surface area contributed by atoms with Gasteiger partial charge in [0, 0.05) is 44.5 Å². The molecule has 1 heterocycles. The molecule has 2 aromatic rings. The third-order valence-electron chi connectivity index (χ3n) is 4.82. The first-order valence-corrected chi connectivity index (χ1v) is 8.77. The van der Waals surface area contributed by atoms with E-state index >= 15 is 0 Å². The van der Waals surface area contributed by atoms with Gasteiger partial charge in [0.25, 0.3) is 0 Å². The van der Waals surface area contributed by atoms with E-state index in [4.69, 9.17) is 0 Å². The molecule has 1 aliphatic heterocycles. The van der Waals surface area contributed by atoms with Crippen molar-refractivity contribution in [1.82, 2.24) is 10.2 Å². The number of aromatic hydroxyl groups is 1. The fourth-order valence-electron chi connectivity index (χ4n) is 3.25. The quantitative estimate of drug-likeness (QED) is 0.875. The minimum Gasteiger partial charge on any atom is -0.508 e. The van der Waals surface area contributed by atoms with Gasteiger partial charge >= 0.3 is 0 Å². The summed E-state index contributed by atoms with van der Waals surface area (Å²) in [5, 5.41) is 13.0. The van der Waals surface area contributed by atoms with Crippen LogP contribution in [0.4, 0.5) is 10.1 Å². The van der Waals surface area contributed by atoms with Gasteiger partial charge in [-0.25, -0.2) is 4.39 Å². The fourth-order valence-corrected chi connectivity index (χ4v) is 3.25. The molecule has 4 nitrogen and oxygen atoms in total. The molecule has 0 radical (unpaired) electrons.